The number of ether oxygens (including phenoxy) is 1. The van der Waals surface area contributed by atoms with Gasteiger partial charge in [0, 0.05) is 18.2 Å². The molecule has 0 bridgehead atoms. The molecule has 1 saturated carbocycles. The Morgan fingerprint density at radius 1 is 1.17 bits per heavy atom. The van der Waals surface area contributed by atoms with Crippen LogP contribution in [0.2, 0.25) is 0 Å². The number of anilines is 1. The molecule has 1 aromatic heterocycles. The minimum Gasteiger partial charge on any atom is -0.481 e. The van der Waals surface area contributed by atoms with Gasteiger partial charge in [0.2, 0.25) is 5.88 Å². The van der Waals surface area contributed by atoms with E-state index in [1.807, 2.05) is 20.0 Å². The number of rotatable bonds is 4. The van der Waals surface area contributed by atoms with Crippen LogP contribution in [0.15, 0.2) is 6.07 Å². The smallest absolute Gasteiger partial charge is 0.218 e. The molecule has 1 aliphatic rings. The third-order valence-corrected chi connectivity index (χ3v) is 3.51. The summed E-state index contributed by atoms with van der Waals surface area (Å²) in [6.07, 6.45) is 4.79. The zero-order valence-corrected chi connectivity index (χ0v) is 11.4. The Labute approximate surface area is 108 Å². The Morgan fingerprint density at radius 3 is 2.44 bits per heavy atom. The largest absolute Gasteiger partial charge is 0.481 e. The van der Waals surface area contributed by atoms with Crippen molar-refractivity contribution >= 4 is 5.82 Å². The van der Waals surface area contributed by atoms with Crippen molar-refractivity contribution in [1.29, 1.82) is 0 Å². The van der Waals surface area contributed by atoms with Crippen molar-refractivity contribution in [2.75, 3.05) is 19.5 Å². The van der Waals surface area contributed by atoms with E-state index in [4.69, 9.17) is 4.74 Å². The third kappa shape index (κ3) is 3.32. The zero-order valence-electron chi connectivity index (χ0n) is 11.4. The van der Waals surface area contributed by atoms with E-state index in [-0.39, 0.29) is 0 Å². The summed E-state index contributed by atoms with van der Waals surface area (Å²) in [6, 6.07) is 3.04. The molecular formula is C13H22N4O. The molecule has 0 spiro atoms. The Morgan fingerprint density at radius 2 is 1.83 bits per heavy atom. The molecule has 100 valence electrons. The van der Waals surface area contributed by atoms with Gasteiger partial charge in [0.05, 0.1) is 7.11 Å². The normalized spacial score (nSPS) is 23.7. The minimum atomic E-state index is 0.508. The zero-order chi connectivity index (χ0) is 13.0. The average Bonchev–Trinajstić information content (AvgIpc) is 2.39. The fourth-order valence-corrected chi connectivity index (χ4v) is 2.45. The molecule has 18 heavy (non-hydrogen) atoms. The predicted molar refractivity (Wildman–Crippen MR) is 72.0 cm³/mol. The second-order valence-corrected chi connectivity index (χ2v) is 4.82. The van der Waals surface area contributed by atoms with Crippen LogP contribution in [-0.2, 0) is 0 Å². The van der Waals surface area contributed by atoms with E-state index >= 15 is 0 Å². The molecule has 0 saturated heterocycles. The van der Waals surface area contributed by atoms with Gasteiger partial charge in [0.1, 0.15) is 11.6 Å². The van der Waals surface area contributed by atoms with Gasteiger partial charge < -0.3 is 15.4 Å². The van der Waals surface area contributed by atoms with Crippen LogP contribution in [0.25, 0.3) is 0 Å². The van der Waals surface area contributed by atoms with Crippen LogP contribution in [0.4, 0.5) is 5.82 Å². The Bertz CT molecular complexity index is 389. The van der Waals surface area contributed by atoms with Crippen molar-refractivity contribution in [1.82, 2.24) is 15.3 Å². The van der Waals surface area contributed by atoms with Crippen molar-refractivity contribution in [3.05, 3.63) is 11.9 Å². The lowest BCUT2D eigenvalue weighted by Crippen LogP contribution is -2.35. The first-order valence-electron chi connectivity index (χ1n) is 6.54. The van der Waals surface area contributed by atoms with Crippen molar-refractivity contribution in [2.45, 2.75) is 44.7 Å². The number of nitrogens with zero attached hydrogens (tertiary/aromatic N) is 2. The number of aryl methyl sites for hydroxylation is 1. The summed E-state index contributed by atoms with van der Waals surface area (Å²) < 4.78 is 5.16. The Hall–Kier alpha value is -1.36. The van der Waals surface area contributed by atoms with Gasteiger partial charge in [-0.3, -0.25) is 0 Å². The summed E-state index contributed by atoms with van der Waals surface area (Å²) in [6.45, 7) is 1.88. The van der Waals surface area contributed by atoms with E-state index in [0.717, 1.165) is 11.6 Å². The number of hydrogen-bond donors (Lipinski definition) is 2. The van der Waals surface area contributed by atoms with Gasteiger partial charge in [-0.05, 0) is 39.7 Å². The maximum absolute atomic E-state index is 5.16. The first-order chi connectivity index (χ1) is 8.71. The molecule has 5 heteroatoms. The SMILES string of the molecule is CNC1CCC(Nc2cc(OC)nc(C)n2)CC1. The molecule has 2 rings (SSSR count). The quantitative estimate of drug-likeness (QED) is 0.852. The highest BCUT2D eigenvalue weighted by molar-refractivity contribution is 5.39. The lowest BCUT2D eigenvalue weighted by molar-refractivity contribution is 0.370. The summed E-state index contributed by atoms with van der Waals surface area (Å²) in [5.41, 5.74) is 0. The van der Waals surface area contributed by atoms with Crippen molar-refractivity contribution in [3.63, 3.8) is 0 Å². The fraction of sp³-hybridized carbons (Fsp3) is 0.692. The number of aromatic nitrogens is 2. The van der Waals surface area contributed by atoms with E-state index in [9.17, 15) is 0 Å². The first-order valence-corrected chi connectivity index (χ1v) is 6.54. The van der Waals surface area contributed by atoms with Crippen molar-refractivity contribution in [3.8, 4) is 5.88 Å². The molecule has 1 aromatic rings. The van der Waals surface area contributed by atoms with Gasteiger partial charge in [0.15, 0.2) is 0 Å². The minimum absolute atomic E-state index is 0.508. The van der Waals surface area contributed by atoms with E-state index in [0.29, 0.717) is 18.0 Å². The molecule has 0 atom stereocenters. The molecule has 0 aliphatic heterocycles. The first kappa shape index (κ1) is 13.1. The van der Waals surface area contributed by atoms with Gasteiger partial charge in [-0.1, -0.05) is 0 Å². The highest BCUT2D eigenvalue weighted by Gasteiger charge is 2.20. The highest BCUT2D eigenvalue weighted by Crippen LogP contribution is 2.22. The monoisotopic (exact) mass is 250 g/mol. The maximum atomic E-state index is 5.16. The van der Waals surface area contributed by atoms with Crippen LogP contribution in [-0.4, -0.2) is 36.2 Å². The predicted octanol–water partition coefficient (Wildman–Crippen LogP) is 1.74. The fourth-order valence-electron chi connectivity index (χ4n) is 2.45. The molecule has 1 aliphatic carbocycles. The maximum Gasteiger partial charge on any atom is 0.218 e. The Balaban J connectivity index is 1.95. The topological polar surface area (TPSA) is 59.1 Å². The summed E-state index contributed by atoms with van der Waals surface area (Å²) >= 11 is 0. The molecule has 5 nitrogen and oxygen atoms in total. The summed E-state index contributed by atoms with van der Waals surface area (Å²) in [5.74, 6) is 2.22. The molecule has 0 radical (unpaired) electrons. The van der Waals surface area contributed by atoms with E-state index in [2.05, 4.69) is 20.6 Å². The second-order valence-electron chi connectivity index (χ2n) is 4.82. The lowest BCUT2D eigenvalue weighted by Gasteiger charge is -2.29. The molecule has 2 N–H and O–H groups in total. The number of hydrogen-bond acceptors (Lipinski definition) is 5. The van der Waals surface area contributed by atoms with E-state index in [1.54, 1.807) is 7.11 Å². The molecule has 0 unspecified atom stereocenters. The van der Waals surface area contributed by atoms with Crippen LogP contribution >= 0.6 is 0 Å². The van der Waals surface area contributed by atoms with Crippen molar-refractivity contribution in [2.24, 2.45) is 0 Å². The second kappa shape index (κ2) is 6.00. The van der Waals surface area contributed by atoms with Crippen LogP contribution in [0.3, 0.4) is 0 Å². The van der Waals surface area contributed by atoms with Crippen LogP contribution in [0.5, 0.6) is 5.88 Å². The molecule has 1 fully saturated rings. The summed E-state index contributed by atoms with van der Waals surface area (Å²) in [4.78, 5) is 8.58. The average molecular weight is 250 g/mol. The van der Waals surface area contributed by atoms with Gasteiger partial charge in [0.25, 0.3) is 0 Å². The number of methoxy groups -OCH3 is 1. The molecule has 1 heterocycles. The van der Waals surface area contributed by atoms with Gasteiger partial charge in [-0.15, -0.1) is 0 Å². The van der Waals surface area contributed by atoms with E-state index < -0.39 is 0 Å². The molecular weight excluding hydrogens is 228 g/mol. The highest BCUT2D eigenvalue weighted by atomic mass is 16.5. The van der Waals surface area contributed by atoms with Crippen molar-refractivity contribution < 1.29 is 4.74 Å². The van der Waals surface area contributed by atoms with Crippen LogP contribution in [0.1, 0.15) is 31.5 Å². The third-order valence-electron chi connectivity index (χ3n) is 3.51. The van der Waals surface area contributed by atoms with Crippen LogP contribution < -0.4 is 15.4 Å². The molecule has 0 amide bonds. The standard InChI is InChI=1S/C13H22N4O/c1-9-15-12(8-13(16-9)18-3)17-11-6-4-10(14-2)5-7-11/h8,10-11,14H,4-7H2,1-3H3,(H,15,16,17). The Kier molecular flexibility index (Phi) is 4.36. The van der Waals surface area contributed by atoms with Gasteiger partial charge in [-0.25, -0.2) is 4.98 Å². The number of nitrogens with one attached hydrogen (secondary N) is 2. The summed E-state index contributed by atoms with van der Waals surface area (Å²) in [5, 5.41) is 6.82. The van der Waals surface area contributed by atoms with Crippen LogP contribution in [0, 0.1) is 6.92 Å². The molecule has 0 aromatic carbocycles. The van der Waals surface area contributed by atoms with Gasteiger partial charge >= 0.3 is 0 Å². The summed E-state index contributed by atoms with van der Waals surface area (Å²) in [7, 11) is 3.67. The van der Waals surface area contributed by atoms with Gasteiger partial charge in [-0.2, -0.15) is 4.98 Å². The lowest BCUT2D eigenvalue weighted by atomic mass is 9.91. The van der Waals surface area contributed by atoms with E-state index in [1.165, 1.54) is 25.7 Å².